The molecule has 3 aromatic rings. The topological polar surface area (TPSA) is 52.0 Å². The van der Waals surface area contributed by atoms with Gasteiger partial charge < -0.3 is 11.5 Å². The number of rotatable bonds is 4. The first-order chi connectivity index (χ1) is 12.4. The van der Waals surface area contributed by atoms with Gasteiger partial charge in [-0.25, -0.2) is 0 Å². The number of nitrogen functional groups attached to an aromatic ring is 2. The average molecular weight is 345 g/mol. The standard InChI is InChI=1S/C24H28N2/c1-15(2)21-10-8-19(25)13-23(21)17-6-5-7-18(12-17)24-14-20(26)9-11-22(24)16(3)4/h5-16H,25-26H2,1-4H3. The van der Waals surface area contributed by atoms with Crippen LogP contribution in [0, 0.1) is 0 Å². The second-order valence-electron chi connectivity index (χ2n) is 7.58. The molecular formula is C24H28N2. The first-order valence-corrected chi connectivity index (χ1v) is 9.26. The van der Waals surface area contributed by atoms with E-state index in [0.29, 0.717) is 11.8 Å². The van der Waals surface area contributed by atoms with Crippen LogP contribution in [0.2, 0.25) is 0 Å². The molecule has 134 valence electrons. The van der Waals surface area contributed by atoms with E-state index >= 15 is 0 Å². The van der Waals surface area contributed by atoms with Crippen molar-refractivity contribution in [3.05, 3.63) is 71.8 Å². The molecule has 0 amide bonds. The van der Waals surface area contributed by atoms with Gasteiger partial charge in [-0.05, 0) is 75.5 Å². The third kappa shape index (κ3) is 3.60. The molecule has 0 unspecified atom stereocenters. The number of nitrogens with two attached hydrogens (primary N) is 2. The summed E-state index contributed by atoms with van der Waals surface area (Å²) in [6.07, 6.45) is 0. The molecule has 0 bridgehead atoms. The summed E-state index contributed by atoms with van der Waals surface area (Å²) in [5.41, 5.74) is 21.2. The van der Waals surface area contributed by atoms with E-state index < -0.39 is 0 Å². The molecule has 0 aromatic heterocycles. The zero-order valence-corrected chi connectivity index (χ0v) is 16.1. The van der Waals surface area contributed by atoms with E-state index in [1.54, 1.807) is 0 Å². The minimum absolute atomic E-state index is 0.438. The van der Waals surface area contributed by atoms with E-state index in [0.717, 1.165) is 11.4 Å². The third-order valence-electron chi connectivity index (χ3n) is 4.88. The number of anilines is 2. The van der Waals surface area contributed by atoms with Crippen molar-refractivity contribution in [2.45, 2.75) is 39.5 Å². The van der Waals surface area contributed by atoms with E-state index in [9.17, 15) is 0 Å². The average Bonchev–Trinajstić information content (AvgIpc) is 2.61. The molecule has 26 heavy (non-hydrogen) atoms. The van der Waals surface area contributed by atoms with Crippen LogP contribution in [-0.2, 0) is 0 Å². The lowest BCUT2D eigenvalue weighted by Gasteiger charge is -2.17. The summed E-state index contributed by atoms with van der Waals surface area (Å²) in [7, 11) is 0. The highest BCUT2D eigenvalue weighted by Crippen LogP contribution is 2.36. The highest BCUT2D eigenvalue weighted by Gasteiger charge is 2.13. The van der Waals surface area contributed by atoms with Gasteiger partial charge in [0.15, 0.2) is 0 Å². The molecule has 0 aliphatic rings. The van der Waals surface area contributed by atoms with Crippen LogP contribution in [-0.4, -0.2) is 0 Å². The van der Waals surface area contributed by atoms with E-state index in [4.69, 9.17) is 11.5 Å². The normalized spacial score (nSPS) is 11.3. The highest BCUT2D eigenvalue weighted by molar-refractivity contribution is 5.79. The fraction of sp³-hybridized carbons (Fsp3) is 0.250. The van der Waals surface area contributed by atoms with E-state index in [1.165, 1.54) is 33.4 Å². The minimum atomic E-state index is 0.438. The molecule has 0 aliphatic heterocycles. The van der Waals surface area contributed by atoms with E-state index in [2.05, 4.69) is 76.2 Å². The monoisotopic (exact) mass is 344 g/mol. The molecule has 4 N–H and O–H groups in total. The van der Waals surface area contributed by atoms with Crippen LogP contribution in [0.15, 0.2) is 60.7 Å². The van der Waals surface area contributed by atoms with Crippen molar-refractivity contribution in [1.29, 1.82) is 0 Å². The summed E-state index contributed by atoms with van der Waals surface area (Å²) in [5.74, 6) is 0.876. The lowest BCUT2D eigenvalue weighted by molar-refractivity contribution is 0.869. The van der Waals surface area contributed by atoms with Crippen molar-refractivity contribution in [3.8, 4) is 22.3 Å². The Bertz CT molecular complexity index is 850. The smallest absolute Gasteiger partial charge is 0.0320 e. The van der Waals surface area contributed by atoms with Crippen molar-refractivity contribution in [2.24, 2.45) is 0 Å². The maximum absolute atomic E-state index is 6.08. The molecule has 0 fully saturated rings. The Morgan fingerprint density at radius 3 is 1.38 bits per heavy atom. The zero-order chi connectivity index (χ0) is 18.8. The number of hydrogen-bond acceptors (Lipinski definition) is 2. The highest BCUT2D eigenvalue weighted by atomic mass is 14.5. The van der Waals surface area contributed by atoms with Crippen molar-refractivity contribution in [1.82, 2.24) is 0 Å². The first-order valence-electron chi connectivity index (χ1n) is 9.26. The first kappa shape index (κ1) is 18.1. The summed E-state index contributed by atoms with van der Waals surface area (Å²) >= 11 is 0. The van der Waals surface area contributed by atoms with Crippen LogP contribution in [0.25, 0.3) is 22.3 Å². The Kier molecular flexibility index (Phi) is 5.03. The summed E-state index contributed by atoms with van der Waals surface area (Å²) in [4.78, 5) is 0. The molecule has 0 saturated carbocycles. The molecule has 0 aliphatic carbocycles. The van der Waals surface area contributed by atoms with Crippen LogP contribution < -0.4 is 11.5 Å². The van der Waals surface area contributed by atoms with Crippen molar-refractivity contribution >= 4 is 11.4 Å². The predicted molar refractivity (Wildman–Crippen MR) is 114 cm³/mol. The molecular weight excluding hydrogens is 316 g/mol. The quantitative estimate of drug-likeness (QED) is 0.536. The predicted octanol–water partition coefficient (Wildman–Crippen LogP) is 6.43. The zero-order valence-electron chi connectivity index (χ0n) is 16.1. The van der Waals surface area contributed by atoms with Crippen LogP contribution in [0.1, 0.15) is 50.7 Å². The van der Waals surface area contributed by atoms with Gasteiger partial charge in [0, 0.05) is 11.4 Å². The molecule has 0 spiro atoms. The van der Waals surface area contributed by atoms with Gasteiger partial charge in [0.2, 0.25) is 0 Å². The molecule has 2 heteroatoms. The van der Waals surface area contributed by atoms with Crippen LogP contribution >= 0.6 is 0 Å². The van der Waals surface area contributed by atoms with Crippen LogP contribution in [0.5, 0.6) is 0 Å². The van der Waals surface area contributed by atoms with E-state index in [1.807, 2.05) is 12.1 Å². The summed E-state index contributed by atoms with van der Waals surface area (Å²) < 4.78 is 0. The molecule has 0 radical (unpaired) electrons. The fourth-order valence-electron chi connectivity index (χ4n) is 3.51. The molecule has 3 aromatic carbocycles. The number of benzene rings is 3. The molecule has 0 saturated heterocycles. The maximum Gasteiger partial charge on any atom is 0.0320 e. The van der Waals surface area contributed by atoms with Crippen molar-refractivity contribution in [2.75, 3.05) is 11.5 Å². The second kappa shape index (κ2) is 7.25. The maximum atomic E-state index is 6.08. The van der Waals surface area contributed by atoms with Crippen LogP contribution in [0.4, 0.5) is 11.4 Å². The Labute approximate surface area is 156 Å². The molecule has 0 atom stereocenters. The van der Waals surface area contributed by atoms with Gasteiger partial charge >= 0.3 is 0 Å². The minimum Gasteiger partial charge on any atom is -0.399 e. The van der Waals surface area contributed by atoms with Gasteiger partial charge in [-0.15, -0.1) is 0 Å². The Balaban J connectivity index is 2.17. The SMILES string of the molecule is CC(C)c1ccc(N)cc1-c1cccc(-c2cc(N)ccc2C(C)C)c1. The van der Waals surface area contributed by atoms with E-state index in [-0.39, 0.29) is 0 Å². The second-order valence-corrected chi connectivity index (χ2v) is 7.58. The van der Waals surface area contributed by atoms with Gasteiger partial charge in [0.1, 0.15) is 0 Å². The van der Waals surface area contributed by atoms with Gasteiger partial charge in [-0.1, -0.05) is 58.0 Å². The Hall–Kier alpha value is -2.74. The Morgan fingerprint density at radius 2 is 1.00 bits per heavy atom. The molecule has 2 nitrogen and oxygen atoms in total. The number of hydrogen-bond donors (Lipinski definition) is 2. The molecule has 0 heterocycles. The lowest BCUT2D eigenvalue weighted by atomic mass is 9.88. The molecule has 3 rings (SSSR count). The van der Waals surface area contributed by atoms with Gasteiger partial charge in [-0.3, -0.25) is 0 Å². The van der Waals surface area contributed by atoms with Gasteiger partial charge in [-0.2, -0.15) is 0 Å². The summed E-state index contributed by atoms with van der Waals surface area (Å²) in [6.45, 7) is 8.86. The third-order valence-corrected chi connectivity index (χ3v) is 4.88. The van der Waals surface area contributed by atoms with Crippen molar-refractivity contribution < 1.29 is 0 Å². The fourth-order valence-corrected chi connectivity index (χ4v) is 3.51. The van der Waals surface area contributed by atoms with Crippen LogP contribution in [0.3, 0.4) is 0 Å². The summed E-state index contributed by atoms with van der Waals surface area (Å²) in [6, 6.07) is 21.1. The van der Waals surface area contributed by atoms with Gasteiger partial charge in [0.25, 0.3) is 0 Å². The largest absolute Gasteiger partial charge is 0.399 e. The summed E-state index contributed by atoms with van der Waals surface area (Å²) in [5, 5.41) is 0. The van der Waals surface area contributed by atoms with Gasteiger partial charge in [0.05, 0.1) is 0 Å². The Morgan fingerprint density at radius 1 is 0.577 bits per heavy atom. The van der Waals surface area contributed by atoms with Crippen molar-refractivity contribution in [3.63, 3.8) is 0 Å². The lowest BCUT2D eigenvalue weighted by Crippen LogP contribution is -1.97.